The molecule has 1 heterocycles. The van der Waals surface area contributed by atoms with Crippen LogP contribution in [-0.4, -0.2) is 0 Å². The topological polar surface area (TPSA) is 38.0 Å². The molecule has 18 heavy (non-hydrogen) atoms. The van der Waals surface area contributed by atoms with Gasteiger partial charge in [0.1, 0.15) is 5.82 Å². The van der Waals surface area contributed by atoms with E-state index in [4.69, 9.17) is 17.4 Å². The molecule has 0 saturated carbocycles. The summed E-state index contributed by atoms with van der Waals surface area (Å²) in [5.41, 5.74) is 4.43. The minimum atomic E-state index is -0.331. The smallest absolute Gasteiger partial charge is 0.123 e. The van der Waals surface area contributed by atoms with Crippen LogP contribution in [-0.2, 0) is 0 Å². The summed E-state index contributed by atoms with van der Waals surface area (Å²) < 4.78 is 14.3. The third kappa shape index (κ3) is 2.75. The quantitative estimate of drug-likeness (QED) is 0.645. The number of nitrogens with two attached hydrogens (primary N) is 1. The summed E-state index contributed by atoms with van der Waals surface area (Å²) in [6, 6.07) is 5.94. The van der Waals surface area contributed by atoms with Crippen LogP contribution in [0, 0.1) is 12.7 Å². The lowest BCUT2D eigenvalue weighted by Crippen LogP contribution is -2.28. The van der Waals surface area contributed by atoms with Crippen LogP contribution >= 0.6 is 38.9 Å². The van der Waals surface area contributed by atoms with E-state index in [9.17, 15) is 4.39 Å². The van der Waals surface area contributed by atoms with Crippen molar-refractivity contribution in [1.29, 1.82) is 0 Å². The zero-order valence-corrected chi connectivity index (χ0v) is 12.7. The highest BCUT2D eigenvalue weighted by atomic mass is 79.9. The maximum absolute atomic E-state index is 13.3. The van der Waals surface area contributed by atoms with Crippen LogP contribution in [0.3, 0.4) is 0 Å². The maximum atomic E-state index is 13.3. The second-order valence-corrected chi connectivity index (χ2v) is 6.68. The highest BCUT2D eigenvalue weighted by Crippen LogP contribution is 2.36. The first kappa shape index (κ1) is 14.0. The number of thiophene rings is 1. The molecule has 1 unspecified atom stereocenters. The first-order valence-electron chi connectivity index (χ1n) is 5.20. The number of halogens is 3. The summed E-state index contributed by atoms with van der Waals surface area (Å²) in [5, 5.41) is 0.488. The molecule has 0 spiro atoms. The first-order chi connectivity index (χ1) is 8.52. The summed E-state index contributed by atoms with van der Waals surface area (Å²) in [5.74, 6) is 5.24. The lowest BCUT2D eigenvalue weighted by atomic mass is 10.1. The van der Waals surface area contributed by atoms with Crippen molar-refractivity contribution in [2.24, 2.45) is 5.84 Å². The predicted octanol–water partition coefficient (Wildman–Crippen LogP) is 4.16. The fraction of sp³-hybridized carbons (Fsp3) is 0.167. The fourth-order valence-electron chi connectivity index (χ4n) is 1.69. The molecule has 3 N–H and O–H groups in total. The monoisotopic (exact) mass is 348 g/mol. The van der Waals surface area contributed by atoms with Gasteiger partial charge < -0.3 is 0 Å². The number of rotatable bonds is 3. The molecule has 2 aromatic rings. The minimum Gasteiger partial charge on any atom is -0.271 e. The van der Waals surface area contributed by atoms with Gasteiger partial charge in [0.2, 0.25) is 0 Å². The number of hydrogen-bond acceptors (Lipinski definition) is 3. The molecule has 0 aliphatic carbocycles. The van der Waals surface area contributed by atoms with Crippen LogP contribution in [0.5, 0.6) is 0 Å². The van der Waals surface area contributed by atoms with E-state index < -0.39 is 0 Å². The fourth-order valence-corrected chi connectivity index (χ4v) is 3.56. The molecule has 0 bridgehead atoms. The molecule has 1 aromatic carbocycles. The van der Waals surface area contributed by atoms with Gasteiger partial charge in [-0.2, -0.15) is 0 Å². The Balaban J connectivity index is 2.48. The number of hydrazine groups is 1. The van der Waals surface area contributed by atoms with Gasteiger partial charge >= 0.3 is 0 Å². The van der Waals surface area contributed by atoms with E-state index in [1.165, 1.54) is 18.2 Å². The van der Waals surface area contributed by atoms with Gasteiger partial charge in [-0.3, -0.25) is 5.84 Å². The molecule has 0 amide bonds. The van der Waals surface area contributed by atoms with Gasteiger partial charge in [-0.1, -0.05) is 11.6 Å². The third-order valence-corrected chi connectivity index (χ3v) is 5.14. The predicted molar refractivity (Wildman–Crippen MR) is 77.3 cm³/mol. The molecular weight excluding hydrogens is 339 g/mol. The largest absolute Gasteiger partial charge is 0.271 e. The van der Waals surface area contributed by atoms with Gasteiger partial charge in [-0.05, 0) is 58.2 Å². The van der Waals surface area contributed by atoms with E-state index >= 15 is 0 Å². The van der Waals surface area contributed by atoms with Crippen LogP contribution in [0.1, 0.15) is 22.0 Å². The molecule has 1 aromatic heterocycles. The van der Waals surface area contributed by atoms with E-state index in [0.29, 0.717) is 10.6 Å². The van der Waals surface area contributed by atoms with Crippen molar-refractivity contribution in [2.75, 3.05) is 0 Å². The van der Waals surface area contributed by atoms with Crippen LogP contribution < -0.4 is 11.3 Å². The second-order valence-electron chi connectivity index (χ2n) is 3.87. The Hall–Kier alpha value is -0.460. The van der Waals surface area contributed by atoms with Crippen molar-refractivity contribution in [1.82, 2.24) is 5.43 Å². The standard InChI is InChI=1S/C12H11BrClFN2S/c1-6-4-10(18-12(6)13)11(17-16)8-5-7(15)2-3-9(8)14/h2-5,11,17H,16H2,1H3. The first-order valence-corrected chi connectivity index (χ1v) is 7.18. The molecule has 1 atom stereocenters. The lowest BCUT2D eigenvalue weighted by Gasteiger charge is -2.16. The Bertz CT molecular complexity index is 554. The van der Waals surface area contributed by atoms with E-state index in [1.54, 1.807) is 11.3 Å². The van der Waals surface area contributed by atoms with Crippen molar-refractivity contribution in [3.05, 3.63) is 54.9 Å². The molecule has 0 aliphatic heterocycles. The molecule has 2 nitrogen and oxygen atoms in total. The third-order valence-electron chi connectivity index (χ3n) is 2.60. The molecule has 6 heteroatoms. The molecule has 2 rings (SSSR count). The highest BCUT2D eigenvalue weighted by molar-refractivity contribution is 9.11. The number of hydrogen-bond donors (Lipinski definition) is 2. The normalized spacial score (nSPS) is 12.7. The van der Waals surface area contributed by atoms with Crippen molar-refractivity contribution < 1.29 is 4.39 Å². The van der Waals surface area contributed by atoms with E-state index in [-0.39, 0.29) is 11.9 Å². The van der Waals surface area contributed by atoms with Gasteiger partial charge in [-0.25, -0.2) is 9.82 Å². The number of aryl methyl sites for hydroxylation is 1. The zero-order valence-electron chi connectivity index (χ0n) is 9.51. The molecule has 0 saturated heterocycles. The molecular formula is C12H11BrClFN2S. The Kier molecular flexibility index (Phi) is 4.40. The summed E-state index contributed by atoms with van der Waals surface area (Å²) in [6.45, 7) is 1.99. The Morgan fingerprint density at radius 1 is 1.44 bits per heavy atom. The highest BCUT2D eigenvalue weighted by Gasteiger charge is 2.19. The van der Waals surface area contributed by atoms with Crippen LogP contribution in [0.25, 0.3) is 0 Å². The van der Waals surface area contributed by atoms with Crippen molar-refractivity contribution >= 4 is 38.9 Å². The lowest BCUT2D eigenvalue weighted by molar-refractivity contribution is 0.609. The Morgan fingerprint density at radius 3 is 2.72 bits per heavy atom. The van der Waals surface area contributed by atoms with Crippen LogP contribution in [0.4, 0.5) is 4.39 Å². The van der Waals surface area contributed by atoms with Gasteiger partial charge in [0.25, 0.3) is 0 Å². The number of benzene rings is 1. The number of nitrogens with one attached hydrogen (secondary N) is 1. The SMILES string of the molecule is Cc1cc(C(NN)c2cc(F)ccc2Cl)sc1Br. The summed E-state index contributed by atoms with van der Waals surface area (Å²) >= 11 is 11.1. The van der Waals surface area contributed by atoms with E-state index in [1.807, 2.05) is 13.0 Å². The molecule has 0 fully saturated rings. The van der Waals surface area contributed by atoms with E-state index in [0.717, 1.165) is 14.2 Å². The molecule has 0 aliphatic rings. The van der Waals surface area contributed by atoms with Gasteiger partial charge in [0.05, 0.1) is 9.83 Å². The Morgan fingerprint density at radius 2 is 2.17 bits per heavy atom. The van der Waals surface area contributed by atoms with Crippen LogP contribution in [0.15, 0.2) is 28.1 Å². The van der Waals surface area contributed by atoms with E-state index in [2.05, 4.69) is 21.4 Å². The zero-order chi connectivity index (χ0) is 13.3. The van der Waals surface area contributed by atoms with Crippen molar-refractivity contribution in [3.63, 3.8) is 0 Å². The minimum absolute atomic E-state index is 0.316. The average molecular weight is 350 g/mol. The second kappa shape index (κ2) is 5.67. The molecule has 0 radical (unpaired) electrons. The Labute approximate surface area is 122 Å². The van der Waals surface area contributed by atoms with Gasteiger partial charge in [-0.15, -0.1) is 11.3 Å². The maximum Gasteiger partial charge on any atom is 0.123 e. The van der Waals surface area contributed by atoms with Crippen LogP contribution in [0.2, 0.25) is 5.02 Å². The van der Waals surface area contributed by atoms with Gasteiger partial charge in [0.15, 0.2) is 0 Å². The summed E-state index contributed by atoms with van der Waals surface area (Å²) in [6.07, 6.45) is 0. The summed E-state index contributed by atoms with van der Waals surface area (Å²) in [4.78, 5) is 0.981. The van der Waals surface area contributed by atoms with Gasteiger partial charge in [0, 0.05) is 9.90 Å². The molecule has 96 valence electrons. The van der Waals surface area contributed by atoms with Crippen molar-refractivity contribution in [2.45, 2.75) is 13.0 Å². The average Bonchev–Trinajstić information content (AvgIpc) is 2.65. The van der Waals surface area contributed by atoms with Crippen molar-refractivity contribution in [3.8, 4) is 0 Å². The summed E-state index contributed by atoms with van der Waals surface area (Å²) in [7, 11) is 0.